The van der Waals surface area contributed by atoms with E-state index in [2.05, 4.69) is 15.5 Å². The van der Waals surface area contributed by atoms with Gasteiger partial charge in [0.15, 0.2) is 0 Å². The Balaban J connectivity index is 1.93. The van der Waals surface area contributed by atoms with Crippen LogP contribution in [0.2, 0.25) is 0 Å². The Morgan fingerprint density at radius 1 is 0.833 bits per heavy atom. The van der Waals surface area contributed by atoms with Crippen molar-refractivity contribution in [3.63, 3.8) is 0 Å². The minimum absolute atomic E-state index is 0.290. The van der Waals surface area contributed by atoms with E-state index in [1.165, 1.54) is 0 Å². The van der Waals surface area contributed by atoms with E-state index < -0.39 is 0 Å². The summed E-state index contributed by atoms with van der Waals surface area (Å²) >= 11 is 0. The van der Waals surface area contributed by atoms with Crippen molar-refractivity contribution in [3.05, 3.63) is 95.8 Å². The Hall–Kier alpha value is -3.47. The lowest BCUT2D eigenvalue weighted by Crippen LogP contribution is -2.20. The molecule has 3 aromatic rings. The summed E-state index contributed by atoms with van der Waals surface area (Å²) in [7, 11) is 0. The van der Waals surface area contributed by atoms with Gasteiger partial charge in [0.05, 0.1) is 5.71 Å². The molecule has 5 nitrogen and oxygen atoms in total. The van der Waals surface area contributed by atoms with Crippen molar-refractivity contribution in [2.24, 2.45) is 5.10 Å². The van der Waals surface area contributed by atoms with Crippen LogP contribution in [0.4, 0.5) is 5.69 Å². The summed E-state index contributed by atoms with van der Waals surface area (Å²) in [5.41, 5.74) is 12.0. The second kappa shape index (κ2) is 7.19. The zero-order valence-electron chi connectivity index (χ0n) is 12.9. The molecule has 118 valence electrons. The zero-order valence-corrected chi connectivity index (χ0v) is 12.9. The monoisotopic (exact) mass is 316 g/mol. The molecule has 0 fully saturated rings. The third kappa shape index (κ3) is 3.64. The third-order valence-corrected chi connectivity index (χ3v) is 3.44. The van der Waals surface area contributed by atoms with Crippen molar-refractivity contribution in [2.75, 3.05) is 5.73 Å². The van der Waals surface area contributed by atoms with Crippen LogP contribution in [0.5, 0.6) is 0 Å². The number of nitrogens with one attached hydrogen (secondary N) is 1. The first kappa shape index (κ1) is 15.4. The minimum Gasteiger partial charge on any atom is -0.399 e. The lowest BCUT2D eigenvalue weighted by atomic mass is 10.0. The van der Waals surface area contributed by atoms with Crippen LogP contribution >= 0.6 is 0 Å². The fourth-order valence-corrected chi connectivity index (χ4v) is 2.21. The zero-order chi connectivity index (χ0) is 16.8. The van der Waals surface area contributed by atoms with Gasteiger partial charge in [-0.05, 0) is 24.3 Å². The van der Waals surface area contributed by atoms with Gasteiger partial charge in [0, 0.05) is 34.8 Å². The number of carbonyl (C=O) groups is 1. The Kier molecular flexibility index (Phi) is 4.62. The number of amides is 1. The first-order valence-electron chi connectivity index (χ1n) is 7.43. The van der Waals surface area contributed by atoms with Gasteiger partial charge in [-0.25, -0.2) is 5.43 Å². The highest BCUT2D eigenvalue weighted by atomic mass is 16.2. The van der Waals surface area contributed by atoms with E-state index in [1.807, 2.05) is 42.5 Å². The van der Waals surface area contributed by atoms with Crippen LogP contribution in [0.25, 0.3) is 0 Å². The maximum atomic E-state index is 12.2. The van der Waals surface area contributed by atoms with Gasteiger partial charge in [-0.2, -0.15) is 5.10 Å². The predicted molar refractivity (Wildman–Crippen MR) is 94.6 cm³/mol. The molecule has 0 aliphatic rings. The molecule has 0 spiro atoms. The van der Waals surface area contributed by atoms with Crippen LogP contribution in [0, 0.1) is 0 Å². The SMILES string of the molecule is Nc1ccc(/C(=N/NC(=O)c2ccncc2)c2ccccc2)cc1. The second-order valence-electron chi connectivity index (χ2n) is 5.13. The molecule has 0 aliphatic heterocycles. The van der Waals surface area contributed by atoms with Gasteiger partial charge in [0.25, 0.3) is 5.91 Å². The van der Waals surface area contributed by atoms with Crippen molar-refractivity contribution in [3.8, 4) is 0 Å². The molecular formula is C19H16N4O. The molecule has 0 bridgehead atoms. The summed E-state index contributed by atoms with van der Waals surface area (Å²) in [5, 5.41) is 4.33. The molecule has 3 rings (SSSR count). The average Bonchev–Trinajstić information content (AvgIpc) is 2.65. The summed E-state index contributed by atoms with van der Waals surface area (Å²) in [6.07, 6.45) is 3.13. The maximum Gasteiger partial charge on any atom is 0.271 e. The number of hydrogen-bond acceptors (Lipinski definition) is 4. The average molecular weight is 316 g/mol. The number of rotatable bonds is 4. The van der Waals surface area contributed by atoms with Crippen molar-refractivity contribution < 1.29 is 4.79 Å². The van der Waals surface area contributed by atoms with E-state index in [0.717, 1.165) is 11.1 Å². The Labute approximate surface area is 139 Å². The third-order valence-electron chi connectivity index (χ3n) is 3.44. The number of hydrogen-bond donors (Lipinski definition) is 2. The highest BCUT2D eigenvalue weighted by Crippen LogP contribution is 2.13. The molecule has 3 N–H and O–H groups in total. The lowest BCUT2D eigenvalue weighted by Gasteiger charge is -2.08. The highest BCUT2D eigenvalue weighted by molar-refractivity contribution is 6.13. The molecule has 0 aliphatic carbocycles. The smallest absolute Gasteiger partial charge is 0.271 e. The predicted octanol–water partition coefficient (Wildman–Crippen LogP) is 2.85. The number of anilines is 1. The maximum absolute atomic E-state index is 12.2. The number of nitrogens with zero attached hydrogens (tertiary/aromatic N) is 2. The van der Waals surface area contributed by atoms with Crippen LogP contribution in [-0.2, 0) is 0 Å². The molecule has 1 aromatic heterocycles. The van der Waals surface area contributed by atoms with E-state index in [9.17, 15) is 4.79 Å². The number of hydrazone groups is 1. The number of nitrogen functional groups attached to an aromatic ring is 1. The van der Waals surface area contributed by atoms with Crippen LogP contribution in [0.15, 0.2) is 84.2 Å². The second-order valence-corrected chi connectivity index (χ2v) is 5.13. The quantitative estimate of drug-likeness (QED) is 0.441. The molecule has 0 radical (unpaired) electrons. The Morgan fingerprint density at radius 2 is 1.46 bits per heavy atom. The van der Waals surface area contributed by atoms with E-state index in [1.54, 1.807) is 36.7 Å². The first-order chi connectivity index (χ1) is 11.7. The minimum atomic E-state index is -0.290. The molecule has 0 saturated carbocycles. The topological polar surface area (TPSA) is 80.4 Å². The van der Waals surface area contributed by atoms with Gasteiger partial charge in [-0.3, -0.25) is 9.78 Å². The van der Waals surface area contributed by atoms with Crippen LogP contribution in [0.3, 0.4) is 0 Å². The van der Waals surface area contributed by atoms with Crippen molar-refractivity contribution >= 4 is 17.3 Å². The van der Waals surface area contributed by atoms with E-state index in [0.29, 0.717) is 17.0 Å². The fourth-order valence-electron chi connectivity index (χ4n) is 2.21. The molecule has 0 unspecified atom stereocenters. The normalized spacial score (nSPS) is 11.1. The highest BCUT2D eigenvalue weighted by Gasteiger charge is 2.09. The number of nitrogens with two attached hydrogens (primary N) is 1. The van der Waals surface area contributed by atoms with Crippen molar-refractivity contribution in [1.29, 1.82) is 0 Å². The Bertz CT molecular complexity index is 844. The molecular weight excluding hydrogens is 300 g/mol. The first-order valence-corrected chi connectivity index (χ1v) is 7.43. The Morgan fingerprint density at radius 3 is 2.12 bits per heavy atom. The summed E-state index contributed by atoms with van der Waals surface area (Å²) in [6, 6.07) is 20.3. The molecule has 1 amide bonds. The van der Waals surface area contributed by atoms with E-state index >= 15 is 0 Å². The molecule has 2 aromatic carbocycles. The van der Waals surface area contributed by atoms with Gasteiger partial charge < -0.3 is 5.73 Å². The number of carbonyl (C=O) groups excluding carboxylic acids is 1. The summed E-state index contributed by atoms with van der Waals surface area (Å²) in [5.74, 6) is -0.290. The molecule has 0 saturated heterocycles. The van der Waals surface area contributed by atoms with E-state index in [-0.39, 0.29) is 5.91 Å². The lowest BCUT2D eigenvalue weighted by molar-refractivity contribution is 0.0955. The molecule has 24 heavy (non-hydrogen) atoms. The van der Waals surface area contributed by atoms with Gasteiger partial charge in [-0.15, -0.1) is 0 Å². The standard InChI is InChI=1S/C19H16N4O/c20-17-8-6-15(7-9-17)18(14-4-2-1-3-5-14)22-23-19(24)16-10-12-21-13-11-16/h1-13H,20H2,(H,23,24)/b22-18+. The van der Waals surface area contributed by atoms with Crippen LogP contribution in [-0.4, -0.2) is 16.6 Å². The van der Waals surface area contributed by atoms with Crippen molar-refractivity contribution in [1.82, 2.24) is 10.4 Å². The van der Waals surface area contributed by atoms with E-state index in [4.69, 9.17) is 5.73 Å². The van der Waals surface area contributed by atoms with Gasteiger partial charge in [-0.1, -0.05) is 42.5 Å². The number of pyridine rings is 1. The van der Waals surface area contributed by atoms with Gasteiger partial charge >= 0.3 is 0 Å². The van der Waals surface area contributed by atoms with Gasteiger partial charge in [0.1, 0.15) is 0 Å². The van der Waals surface area contributed by atoms with Crippen LogP contribution in [0.1, 0.15) is 21.5 Å². The largest absolute Gasteiger partial charge is 0.399 e. The number of aromatic nitrogens is 1. The van der Waals surface area contributed by atoms with Crippen LogP contribution < -0.4 is 11.2 Å². The summed E-state index contributed by atoms with van der Waals surface area (Å²) in [6.45, 7) is 0. The summed E-state index contributed by atoms with van der Waals surface area (Å²) < 4.78 is 0. The van der Waals surface area contributed by atoms with Crippen molar-refractivity contribution in [2.45, 2.75) is 0 Å². The fraction of sp³-hybridized carbons (Fsp3) is 0. The molecule has 0 atom stereocenters. The number of benzene rings is 2. The van der Waals surface area contributed by atoms with Gasteiger partial charge in [0.2, 0.25) is 0 Å². The molecule has 5 heteroatoms. The molecule has 1 heterocycles. The summed E-state index contributed by atoms with van der Waals surface area (Å²) in [4.78, 5) is 16.1.